The highest BCUT2D eigenvalue weighted by atomic mass is 19.1. The molecule has 1 saturated carbocycles. The quantitative estimate of drug-likeness (QED) is 0.290. The zero-order chi connectivity index (χ0) is 27.6. The van der Waals surface area contributed by atoms with E-state index in [9.17, 15) is 14.0 Å². The average molecular weight is 541 g/mol. The number of amides is 2. The second kappa shape index (κ2) is 10.9. The zero-order valence-electron chi connectivity index (χ0n) is 22.1. The molecule has 2 aliphatic rings. The molecule has 204 valence electrons. The van der Waals surface area contributed by atoms with Gasteiger partial charge in [0.05, 0.1) is 13.2 Å². The van der Waals surface area contributed by atoms with Crippen LogP contribution in [-0.2, 0) is 17.8 Å². The van der Waals surface area contributed by atoms with Gasteiger partial charge in [-0.3, -0.25) is 9.59 Å². The molecule has 6 rings (SSSR count). The third-order valence-corrected chi connectivity index (χ3v) is 7.36. The molecule has 1 N–H and O–H groups in total. The first-order chi connectivity index (χ1) is 19.5. The monoisotopic (exact) mass is 540 g/mol. The Balaban J connectivity index is 1.17. The Morgan fingerprint density at radius 2 is 1.73 bits per heavy atom. The number of hydrogen-bond acceptors (Lipinski definition) is 5. The highest BCUT2D eigenvalue weighted by Crippen LogP contribution is 2.41. The maximum atomic E-state index is 13.7. The molecule has 1 aromatic heterocycles. The van der Waals surface area contributed by atoms with E-state index < -0.39 is 0 Å². The number of carbonyl (C=O) groups is 2. The largest absolute Gasteiger partial charge is 0.497 e. The predicted octanol–water partition coefficient (Wildman–Crippen LogP) is 6.14. The van der Waals surface area contributed by atoms with Gasteiger partial charge in [-0.05, 0) is 96.6 Å². The van der Waals surface area contributed by atoms with Crippen molar-refractivity contribution in [2.45, 2.75) is 31.9 Å². The minimum Gasteiger partial charge on any atom is -0.497 e. The minimum absolute atomic E-state index is 0.0824. The number of benzene rings is 3. The molecule has 1 aliphatic carbocycles. The van der Waals surface area contributed by atoms with E-state index >= 15 is 0 Å². The summed E-state index contributed by atoms with van der Waals surface area (Å²) in [6.45, 7) is 0.749. The summed E-state index contributed by atoms with van der Waals surface area (Å²) in [6.07, 6.45) is 2.59. The molecule has 0 saturated heterocycles. The topological polar surface area (TPSA) is 81.0 Å². The molecule has 2 heterocycles. The molecular weight excluding hydrogens is 511 g/mol. The van der Waals surface area contributed by atoms with Crippen LogP contribution in [0, 0.1) is 11.7 Å². The molecule has 7 nitrogen and oxygen atoms in total. The van der Waals surface area contributed by atoms with Crippen molar-refractivity contribution in [2.75, 3.05) is 19.0 Å². The van der Waals surface area contributed by atoms with Crippen LogP contribution < -0.4 is 14.8 Å². The molecule has 1 unspecified atom stereocenters. The van der Waals surface area contributed by atoms with Crippen molar-refractivity contribution >= 4 is 17.5 Å². The molecule has 2 amide bonds. The van der Waals surface area contributed by atoms with Crippen molar-refractivity contribution in [3.8, 4) is 11.5 Å². The number of methoxy groups -OCH3 is 1. The molecule has 0 radical (unpaired) electrons. The Kier molecular flexibility index (Phi) is 6.99. The van der Waals surface area contributed by atoms with Crippen LogP contribution in [0.4, 0.5) is 10.1 Å². The normalized spacial score (nSPS) is 16.2. The van der Waals surface area contributed by atoms with Gasteiger partial charge in [0.1, 0.15) is 29.7 Å². The van der Waals surface area contributed by atoms with Crippen molar-refractivity contribution in [1.29, 1.82) is 0 Å². The lowest BCUT2D eigenvalue weighted by Gasteiger charge is -2.38. The number of nitrogens with zero attached hydrogens (tertiary/aromatic N) is 1. The summed E-state index contributed by atoms with van der Waals surface area (Å²) < 4.78 is 30.6. The van der Waals surface area contributed by atoms with Gasteiger partial charge in [0.25, 0.3) is 5.91 Å². The Morgan fingerprint density at radius 1 is 0.975 bits per heavy atom. The number of ether oxygens (including phenoxy) is 2. The minimum atomic E-state index is -0.368. The van der Waals surface area contributed by atoms with Crippen LogP contribution in [0.3, 0.4) is 0 Å². The molecule has 40 heavy (non-hydrogen) atoms. The van der Waals surface area contributed by atoms with E-state index in [0.717, 1.165) is 36.0 Å². The van der Waals surface area contributed by atoms with Gasteiger partial charge in [-0.15, -0.1) is 0 Å². The number of anilines is 1. The Morgan fingerprint density at radius 3 is 2.45 bits per heavy atom. The highest BCUT2D eigenvalue weighted by Gasteiger charge is 2.39. The van der Waals surface area contributed by atoms with Crippen LogP contribution in [0.1, 0.15) is 51.9 Å². The SMILES string of the molecule is COc1ccc(NC(=O)c2ccc(COc3ccc4c(c3)C(c3ccc(F)cc3)N(C(=O)C3CC3)CC4)o2)cc1. The van der Waals surface area contributed by atoms with Crippen LogP contribution in [0.25, 0.3) is 0 Å². The van der Waals surface area contributed by atoms with E-state index in [1.165, 1.54) is 12.1 Å². The molecular formula is C32H29FN2O5. The predicted molar refractivity (Wildman–Crippen MR) is 147 cm³/mol. The number of halogens is 1. The summed E-state index contributed by atoms with van der Waals surface area (Å²) in [5, 5.41) is 2.80. The van der Waals surface area contributed by atoms with Crippen LogP contribution >= 0.6 is 0 Å². The fourth-order valence-corrected chi connectivity index (χ4v) is 5.09. The Labute approximate surface area is 231 Å². The Bertz CT molecular complexity index is 1530. The average Bonchev–Trinajstić information content (AvgIpc) is 3.73. The first-order valence-electron chi connectivity index (χ1n) is 13.3. The summed E-state index contributed by atoms with van der Waals surface area (Å²) in [4.78, 5) is 27.7. The fraction of sp³-hybridized carbons (Fsp3) is 0.250. The lowest BCUT2D eigenvalue weighted by molar-refractivity contribution is -0.134. The molecule has 4 aromatic rings. The molecule has 0 spiro atoms. The first-order valence-corrected chi connectivity index (χ1v) is 13.3. The first kappa shape index (κ1) is 25.7. The van der Waals surface area contributed by atoms with Crippen molar-refractivity contribution in [3.05, 3.63) is 113 Å². The third kappa shape index (κ3) is 5.43. The number of nitrogens with one attached hydrogen (secondary N) is 1. The molecule has 1 aliphatic heterocycles. The number of rotatable bonds is 8. The fourth-order valence-electron chi connectivity index (χ4n) is 5.09. The summed E-state index contributed by atoms with van der Waals surface area (Å²) in [5.74, 6) is 1.54. The van der Waals surface area contributed by atoms with E-state index in [2.05, 4.69) is 5.32 Å². The summed E-state index contributed by atoms with van der Waals surface area (Å²) in [6, 6.07) is 22.3. The van der Waals surface area contributed by atoms with Crippen molar-refractivity contribution in [3.63, 3.8) is 0 Å². The summed E-state index contributed by atoms with van der Waals surface area (Å²) in [7, 11) is 1.58. The van der Waals surface area contributed by atoms with Gasteiger partial charge in [0, 0.05) is 18.2 Å². The van der Waals surface area contributed by atoms with Gasteiger partial charge >= 0.3 is 0 Å². The lowest BCUT2D eigenvalue weighted by Crippen LogP contribution is -2.41. The van der Waals surface area contributed by atoms with Gasteiger partial charge in [-0.2, -0.15) is 0 Å². The lowest BCUT2D eigenvalue weighted by atomic mass is 9.87. The van der Waals surface area contributed by atoms with Gasteiger partial charge < -0.3 is 24.1 Å². The number of hydrogen-bond donors (Lipinski definition) is 1. The second-order valence-electron chi connectivity index (χ2n) is 10.1. The van der Waals surface area contributed by atoms with E-state index in [1.54, 1.807) is 55.6 Å². The second-order valence-corrected chi connectivity index (χ2v) is 10.1. The highest BCUT2D eigenvalue weighted by molar-refractivity contribution is 6.02. The van der Waals surface area contributed by atoms with Crippen LogP contribution in [-0.4, -0.2) is 30.4 Å². The molecule has 3 aromatic carbocycles. The maximum Gasteiger partial charge on any atom is 0.291 e. The molecule has 1 fully saturated rings. The molecule has 1 atom stereocenters. The van der Waals surface area contributed by atoms with E-state index in [0.29, 0.717) is 29.5 Å². The van der Waals surface area contributed by atoms with Gasteiger partial charge in [-0.25, -0.2) is 4.39 Å². The maximum absolute atomic E-state index is 13.7. The van der Waals surface area contributed by atoms with Crippen molar-refractivity contribution in [1.82, 2.24) is 4.90 Å². The number of fused-ring (bicyclic) bond motifs is 1. The van der Waals surface area contributed by atoms with Crippen LogP contribution in [0.15, 0.2) is 83.3 Å². The van der Waals surface area contributed by atoms with Crippen molar-refractivity contribution < 1.29 is 27.9 Å². The summed E-state index contributed by atoms with van der Waals surface area (Å²) in [5.41, 5.74) is 3.60. The zero-order valence-corrected chi connectivity index (χ0v) is 22.1. The molecule has 0 bridgehead atoms. The van der Waals surface area contributed by atoms with Gasteiger partial charge in [-0.1, -0.05) is 18.2 Å². The number of carbonyl (C=O) groups excluding carboxylic acids is 2. The van der Waals surface area contributed by atoms with E-state index in [4.69, 9.17) is 13.9 Å². The van der Waals surface area contributed by atoms with E-state index in [-0.39, 0.29) is 42.0 Å². The molecule has 8 heteroatoms. The van der Waals surface area contributed by atoms with Crippen LogP contribution in [0.2, 0.25) is 0 Å². The van der Waals surface area contributed by atoms with Gasteiger partial charge in [0.15, 0.2) is 5.76 Å². The standard InChI is InChI=1S/C32H29FN2O5/c1-38-25-12-9-24(10-13-25)34-31(36)29-15-14-27(40-29)19-39-26-11-6-20-16-17-35(32(37)22-2-3-22)30(28(20)18-26)21-4-7-23(33)8-5-21/h4-15,18,22,30H,2-3,16-17,19H2,1H3,(H,34,36). The van der Waals surface area contributed by atoms with Crippen molar-refractivity contribution in [2.24, 2.45) is 5.92 Å². The third-order valence-electron chi connectivity index (χ3n) is 7.36. The Hall–Kier alpha value is -4.59. The summed E-state index contributed by atoms with van der Waals surface area (Å²) >= 11 is 0. The van der Waals surface area contributed by atoms with E-state index in [1.807, 2.05) is 23.1 Å². The smallest absolute Gasteiger partial charge is 0.291 e. The van der Waals surface area contributed by atoms with Gasteiger partial charge in [0.2, 0.25) is 5.91 Å². The van der Waals surface area contributed by atoms with Crippen LogP contribution in [0.5, 0.6) is 11.5 Å². The number of furan rings is 1.